The number of fused-ring (bicyclic) bond motifs is 1. The Labute approximate surface area is 203 Å². The molecule has 0 aliphatic rings. The number of ether oxygens (including phenoxy) is 2. The number of nitro benzene ring substituents is 1. The SMILES string of the molecule is CCCCCCCCn1c(=O)c(OCC(C)CCC)c(OCCCC)c2ccc([N+](=O)[O-])cc21. The van der Waals surface area contributed by atoms with E-state index in [0.717, 1.165) is 44.9 Å². The fourth-order valence-electron chi connectivity index (χ4n) is 4.16. The van der Waals surface area contributed by atoms with Crippen molar-refractivity contribution in [3.8, 4) is 11.5 Å². The number of nitrogens with zero attached hydrogens (tertiary/aromatic N) is 2. The summed E-state index contributed by atoms with van der Waals surface area (Å²) in [6.07, 6.45) is 10.4. The fraction of sp³-hybridized carbons (Fsp3) is 0.667. The molecule has 1 aromatic heterocycles. The second kappa shape index (κ2) is 14.6. The van der Waals surface area contributed by atoms with Crippen molar-refractivity contribution in [3.63, 3.8) is 0 Å². The minimum Gasteiger partial charge on any atom is -0.489 e. The lowest BCUT2D eigenvalue weighted by atomic mass is 10.1. The van der Waals surface area contributed by atoms with Crippen LogP contribution in [0.15, 0.2) is 23.0 Å². The van der Waals surface area contributed by atoms with Crippen molar-refractivity contribution in [1.82, 2.24) is 4.57 Å². The van der Waals surface area contributed by atoms with E-state index in [1.54, 1.807) is 10.6 Å². The maximum absolute atomic E-state index is 13.6. The number of nitro groups is 1. The van der Waals surface area contributed by atoms with Crippen molar-refractivity contribution in [2.45, 2.75) is 98.4 Å². The van der Waals surface area contributed by atoms with Crippen LogP contribution in [0.2, 0.25) is 0 Å². The molecule has 34 heavy (non-hydrogen) atoms. The number of hydrogen-bond acceptors (Lipinski definition) is 5. The van der Waals surface area contributed by atoms with E-state index in [0.29, 0.717) is 42.3 Å². The zero-order valence-electron chi connectivity index (χ0n) is 21.4. The van der Waals surface area contributed by atoms with Crippen molar-refractivity contribution in [3.05, 3.63) is 38.7 Å². The van der Waals surface area contributed by atoms with Gasteiger partial charge in [0.25, 0.3) is 11.2 Å². The van der Waals surface area contributed by atoms with E-state index in [2.05, 4.69) is 27.7 Å². The van der Waals surface area contributed by atoms with E-state index < -0.39 is 4.92 Å². The van der Waals surface area contributed by atoms with Gasteiger partial charge in [-0.15, -0.1) is 0 Å². The Morgan fingerprint density at radius 1 is 0.941 bits per heavy atom. The van der Waals surface area contributed by atoms with Crippen LogP contribution in [-0.4, -0.2) is 22.7 Å². The molecule has 0 bridgehead atoms. The van der Waals surface area contributed by atoms with Gasteiger partial charge >= 0.3 is 0 Å². The van der Waals surface area contributed by atoms with Crippen molar-refractivity contribution in [1.29, 1.82) is 0 Å². The molecule has 0 amide bonds. The second-order valence-electron chi connectivity index (χ2n) is 9.25. The average Bonchev–Trinajstić information content (AvgIpc) is 2.82. The Balaban J connectivity index is 2.51. The molecule has 1 atom stereocenters. The Hall–Kier alpha value is -2.57. The summed E-state index contributed by atoms with van der Waals surface area (Å²) in [7, 11) is 0. The van der Waals surface area contributed by atoms with Gasteiger partial charge in [0.1, 0.15) is 0 Å². The zero-order valence-corrected chi connectivity index (χ0v) is 21.4. The molecule has 0 N–H and O–H groups in total. The summed E-state index contributed by atoms with van der Waals surface area (Å²) >= 11 is 0. The second-order valence-corrected chi connectivity index (χ2v) is 9.25. The quantitative estimate of drug-likeness (QED) is 0.137. The van der Waals surface area contributed by atoms with Gasteiger partial charge in [-0.3, -0.25) is 14.9 Å². The Morgan fingerprint density at radius 3 is 2.32 bits per heavy atom. The maximum Gasteiger partial charge on any atom is 0.297 e. The average molecular weight is 475 g/mol. The highest BCUT2D eigenvalue weighted by Crippen LogP contribution is 2.35. The summed E-state index contributed by atoms with van der Waals surface area (Å²) in [4.78, 5) is 24.7. The van der Waals surface area contributed by atoms with Gasteiger partial charge in [-0.05, 0) is 31.2 Å². The molecular weight excluding hydrogens is 432 g/mol. The predicted octanol–water partition coefficient (Wildman–Crippen LogP) is 7.26. The lowest BCUT2D eigenvalue weighted by Gasteiger charge is -2.20. The van der Waals surface area contributed by atoms with Gasteiger partial charge in [0.15, 0.2) is 5.75 Å². The number of aryl methyl sites for hydroxylation is 1. The van der Waals surface area contributed by atoms with E-state index in [1.165, 1.54) is 31.4 Å². The summed E-state index contributed by atoms with van der Waals surface area (Å²) in [5, 5.41) is 12.2. The van der Waals surface area contributed by atoms with E-state index >= 15 is 0 Å². The standard InChI is InChI=1S/C27H42N2O5/c1-5-8-10-11-12-13-17-28-24-19-22(29(31)32)15-16-23(24)25(33-18-9-6-2)26(27(28)30)34-20-21(4)14-7-3/h15-16,19,21H,5-14,17-18,20H2,1-4H3. The highest BCUT2D eigenvalue weighted by atomic mass is 16.6. The third-order valence-corrected chi connectivity index (χ3v) is 6.15. The molecule has 2 aromatic rings. The normalized spacial score (nSPS) is 12.1. The number of benzene rings is 1. The number of hydrogen-bond donors (Lipinski definition) is 0. The molecular formula is C27H42N2O5. The number of rotatable bonds is 17. The Kier molecular flexibility index (Phi) is 11.9. The largest absolute Gasteiger partial charge is 0.489 e. The first-order valence-corrected chi connectivity index (χ1v) is 13.0. The molecule has 0 aliphatic heterocycles. The topological polar surface area (TPSA) is 83.6 Å². The zero-order chi connectivity index (χ0) is 24.9. The molecule has 1 unspecified atom stereocenters. The molecule has 0 saturated heterocycles. The molecule has 190 valence electrons. The van der Waals surface area contributed by atoms with Crippen LogP contribution in [0.1, 0.15) is 91.9 Å². The van der Waals surface area contributed by atoms with Crippen LogP contribution in [0.3, 0.4) is 0 Å². The molecule has 7 heteroatoms. The van der Waals surface area contributed by atoms with Crippen LogP contribution in [-0.2, 0) is 6.54 Å². The molecule has 1 heterocycles. The number of unbranched alkanes of at least 4 members (excludes halogenated alkanes) is 6. The Morgan fingerprint density at radius 2 is 1.65 bits per heavy atom. The van der Waals surface area contributed by atoms with E-state index in [9.17, 15) is 14.9 Å². The molecule has 0 saturated carbocycles. The summed E-state index contributed by atoms with van der Waals surface area (Å²) in [5.74, 6) is 0.949. The van der Waals surface area contributed by atoms with Gasteiger partial charge in [-0.25, -0.2) is 0 Å². The van der Waals surface area contributed by atoms with Crippen LogP contribution >= 0.6 is 0 Å². The van der Waals surface area contributed by atoms with E-state index in [-0.39, 0.29) is 17.0 Å². The number of non-ortho nitro benzene ring substituents is 1. The van der Waals surface area contributed by atoms with Crippen LogP contribution in [0.5, 0.6) is 11.5 Å². The van der Waals surface area contributed by atoms with Crippen molar-refractivity contribution < 1.29 is 14.4 Å². The van der Waals surface area contributed by atoms with Crippen molar-refractivity contribution >= 4 is 16.6 Å². The number of aromatic nitrogens is 1. The summed E-state index contributed by atoms with van der Waals surface area (Å²) in [6.45, 7) is 9.90. The molecule has 2 rings (SSSR count). The lowest BCUT2D eigenvalue weighted by molar-refractivity contribution is -0.384. The highest BCUT2D eigenvalue weighted by Gasteiger charge is 2.22. The molecule has 0 radical (unpaired) electrons. The maximum atomic E-state index is 13.6. The minimum absolute atomic E-state index is 0.0339. The minimum atomic E-state index is -0.423. The van der Waals surface area contributed by atoms with Crippen molar-refractivity contribution in [2.75, 3.05) is 13.2 Å². The van der Waals surface area contributed by atoms with Crippen LogP contribution in [0.25, 0.3) is 10.9 Å². The third-order valence-electron chi connectivity index (χ3n) is 6.15. The summed E-state index contributed by atoms with van der Waals surface area (Å²) < 4.78 is 13.8. The molecule has 0 fully saturated rings. The van der Waals surface area contributed by atoms with Gasteiger partial charge in [0.2, 0.25) is 5.75 Å². The first-order chi connectivity index (χ1) is 16.4. The van der Waals surface area contributed by atoms with Gasteiger partial charge in [-0.1, -0.05) is 72.6 Å². The van der Waals surface area contributed by atoms with E-state index in [4.69, 9.17) is 9.47 Å². The van der Waals surface area contributed by atoms with Crippen LogP contribution in [0.4, 0.5) is 5.69 Å². The smallest absolute Gasteiger partial charge is 0.297 e. The fourth-order valence-corrected chi connectivity index (χ4v) is 4.16. The predicted molar refractivity (Wildman–Crippen MR) is 138 cm³/mol. The molecule has 0 spiro atoms. The number of pyridine rings is 1. The first kappa shape index (κ1) is 27.7. The van der Waals surface area contributed by atoms with Gasteiger partial charge < -0.3 is 14.0 Å². The highest BCUT2D eigenvalue weighted by molar-refractivity contribution is 5.89. The van der Waals surface area contributed by atoms with Gasteiger partial charge in [0.05, 0.1) is 23.7 Å². The third kappa shape index (κ3) is 7.74. The first-order valence-electron chi connectivity index (χ1n) is 13.0. The summed E-state index contributed by atoms with van der Waals surface area (Å²) in [6, 6.07) is 4.65. The van der Waals surface area contributed by atoms with Gasteiger partial charge in [0, 0.05) is 24.1 Å². The van der Waals surface area contributed by atoms with Crippen LogP contribution < -0.4 is 15.0 Å². The molecule has 7 nitrogen and oxygen atoms in total. The Bertz CT molecular complexity index is 970. The summed E-state index contributed by atoms with van der Waals surface area (Å²) in [5.41, 5.74) is 0.235. The van der Waals surface area contributed by atoms with Crippen LogP contribution in [0, 0.1) is 16.0 Å². The van der Waals surface area contributed by atoms with Gasteiger partial charge in [-0.2, -0.15) is 0 Å². The van der Waals surface area contributed by atoms with Crippen molar-refractivity contribution in [2.24, 2.45) is 5.92 Å². The molecule has 0 aliphatic carbocycles. The monoisotopic (exact) mass is 474 g/mol. The van der Waals surface area contributed by atoms with E-state index in [1.807, 2.05) is 0 Å². The lowest BCUT2D eigenvalue weighted by Crippen LogP contribution is -2.25. The molecule has 1 aromatic carbocycles.